The summed E-state index contributed by atoms with van der Waals surface area (Å²) in [5, 5.41) is 0. The molecule has 2 aliphatic rings. The molecule has 1 atom stereocenters. The fraction of sp³-hybridized carbons (Fsp3) is 0.789. The van der Waals surface area contributed by atoms with E-state index in [0.717, 1.165) is 25.0 Å². The van der Waals surface area contributed by atoms with Crippen molar-refractivity contribution < 1.29 is 14.0 Å². The van der Waals surface area contributed by atoms with Gasteiger partial charge in [0.15, 0.2) is 0 Å². The van der Waals surface area contributed by atoms with Crippen molar-refractivity contribution in [3.05, 3.63) is 12.4 Å². The van der Waals surface area contributed by atoms with Gasteiger partial charge in [0.1, 0.15) is 0 Å². The van der Waals surface area contributed by atoms with Gasteiger partial charge in [-0.25, -0.2) is 9.97 Å². The van der Waals surface area contributed by atoms with E-state index in [1.807, 2.05) is 27.7 Å². The van der Waals surface area contributed by atoms with Gasteiger partial charge in [0.05, 0.1) is 17.8 Å². The molecule has 2 aliphatic heterocycles. The molecule has 8 heteroatoms. The van der Waals surface area contributed by atoms with Gasteiger partial charge in [-0.1, -0.05) is 6.42 Å². The maximum absolute atomic E-state index is 6.03. The van der Waals surface area contributed by atoms with Crippen molar-refractivity contribution in [3.8, 4) is 6.01 Å². The molecule has 27 heavy (non-hydrogen) atoms. The second kappa shape index (κ2) is 8.43. The van der Waals surface area contributed by atoms with Gasteiger partial charge in [-0.05, 0) is 53.5 Å². The lowest BCUT2D eigenvalue weighted by Gasteiger charge is -2.35. The van der Waals surface area contributed by atoms with Gasteiger partial charge in [0.25, 0.3) is 0 Å². The smallest absolute Gasteiger partial charge is 0.463 e. The molecular weight excluding hydrogens is 343 g/mol. The fourth-order valence-electron chi connectivity index (χ4n) is 3.63. The highest BCUT2D eigenvalue weighted by Gasteiger charge is 2.51. The molecule has 2 fully saturated rings. The summed E-state index contributed by atoms with van der Waals surface area (Å²) in [7, 11) is -0.448. The standard InChI is InChI=1S/C19H33BN4O3/c1-18(2)19(3,4)27-20(26-18)15-13-22-17(23-14-15)25-12-8-16-7-5-6-10-24(16)11-9-21/h13-14,16H,5-12,21H2,1-4H3/t16-/m0/s1. The molecule has 0 bridgehead atoms. The quantitative estimate of drug-likeness (QED) is 0.720. The molecule has 3 rings (SSSR count). The third-order valence-electron chi connectivity index (χ3n) is 6.02. The number of hydrogen-bond donors (Lipinski definition) is 1. The Morgan fingerprint density at radius 3 is 2.48 bits per heavy atom. The lowest BCUT2D eigenvalue weighted by atomic mass is 9.81. The van der Waals surface area contributed by atoms with Gasteiger partial charge in [-0.15, -0.1) is 0 Å². The number of nitrogens with zero attached hydrogens (tertiary/aromatic N) is 3. The molecule has 2 N–H and O–H groups in total. The van der Waals surface area contributed by atoms with Crippen LogP contribution in [-0.2, 0) is 9.31 Å². The highest BCUT2D eigenvalue weighted by atomic mass is 16.7. The zero-order valence-electron chi connectivity index (χ0n) is 17.1. The average molecular weight is 376 g/mol. The Bertz CT molecular complexity index is 593. The Morgan fingerprint density at radius 1 is 1.19 bits per heavy atom. The second-order valence-corrected chi connectivity index (χ2v) is 8.50. The highest BCUT2D eigenvalue weighted by Crippen LogP contribution is 2.36. The van der Waals surface area contributed by atoms with Crippen LogP contribution in [0.25, 0.3) is 0 Å². The second-order valence-electron chi connectivity index (χ2n) is 8.50. The Labute approximate surface area is 163 Å². The van der Waals surface area contributed by atoms with Gasteiger partial charge < -0.3 is 19.8 Å². The highest BCUT2D eigenvalue weighted by molar-refractivity contribution is 6.61. The summed E-state index contributed by atoms with van der Waals surface area (Å²) >= 11 is 0. The van der Waals surface area contributed by atoms with Crippen LogP contribution >= 0.6 is 0 Å². The summed E-state index contributed by atoms with van der Waals surface area (Å²) in [6.07, 6.45) is 8.19. The SMILES string of the molecule is CC1(C)OB(c2cnc(OCC[C@@H]3CCCCN3CCN)nc2)OC1(C)C. The van der Waals surface area contributed by atoms with Gasteiger partial charge >= 0.3 is 13.1 Å². The van der Waals surface area contributed by atoms with Crippen LogP contribution in [0.2, 0.25) is 0 Å². The van der Waals surface area contributed by atoms with Crippen molar-refractivity contribution in [1.82, 2.24) is 14.9 Å². The first-order chi connectivity index (χ1) is 12.8. The molecule has 1 aromatic heterocycles. The number of rotatable bonds is 7. The van der Waals surface area contributed by atoms with E-state index >= 15 is 0 Å². The minimum atomic E-state index is -0.448. The van der Waals surface area contributed by atoms with Crippen molar-refractivity contribution in [2.45, 2.75) is 70.6 Å². The molecule has 0 aliphatic carbocycles. The van der Waals surface area contributed by atoms with E-state index in [2.05, 4.69) is 14.9 Å². The summed E-state index contributed by atoms with van der Waals surface area (Å²) < 4.78 is 17.8. The fourth-order valence-corrected chi connectivity index (χ4v) is 3.63. The Balaban J connectivity index is 1.50. The van der Waals surface area contributed by atoms with E-state index in [4.69, 9.17) is 19.8 Å². The lowest BCUT2D eigenvalue weighted by molar-refractivity contribution is 0.00578. The van der Waals surface area contributed by atoms with E-state index < -0.39 is 7.12 Å². The van der Waals surface area contributed by atoms with Gasteiger partial charge in [-0.2, -0.15) is 0 Å². The molecule has 0 spiro atoms. The molecule has 0 saturated carbocycles. The van der Waals surface area contributed by atoms with E-state index in [9.17, 15) is 0 Å². The monoisotopic (exact) mass is 376 g/mol. The zero-order valence-corrected chi connectivity index (χ0v) is 17.1. The van der Waals surface area contributed by atoms with E-state index in [0.29, 0.717) is 25.2 Å². The van der Waals surface area contributed by atoms with Crippen LogP contribution in [0.15, 0.2) is 12.4 Å². The summed E-state index contributed by atoms with van der Waals surface area (Å²) in [5.74, 6) is 0. The van der Waals surface area contributed by atoms with Crippen molar-refractivity contribution >= 4 is 12.6 Å². The van der Waals surface area contributed by atoms with Crippen LogP contribution in [0.4, 0.5) is 0 Å². The van der Waals surface area contributed by atoms with Crippen LogP contribution in [0.1, 0.15) is 53.4 Å². The number of hydrogen-bond acceptors (Lipinski definition) is 7. The summed E-state index contributed by atoms with van der Waals surface area (Å²) in [6, 6.07) is 0.947. The molecule has 0 aromatic carbocycles. The third kappa shape index (κ3) is 4.80. The van der Waals surface area contributed by atoms with Crippen LogP contribution in [0.5, 0.6) is 6.01 Å². The van der Waals surface area contributed by atoms with Crippen LogP contribution in [0.3, 0.4) is 0 Å². The topological polar surface area (TPSA) is 82.7 Å². The third-order valence-corrected chi connectivity index (χ3v) is 6.02. The number of nitrogens with two attached hydrogens (primary N) is 1. The average Bonchev–Trinajstić information content (AvgIpc) is 2.85. The van der Waals surface area contributed by atoms with Gasteiger partial charge in [0.2, 0.25) is 0 Å². The number of aromatic nitrogens is 2. The van der Waals surface area contributed by atoms with Crippen molar-refractivity contribution in [2.75, 3.05) is 26.2 Å². The maximum Gasteiger partial charge on any atom is 0.498 e. The Hall–Kier alpha value is -1.22. The molecule has 1 aromatic rings. The number of likely N-dealkylation sites (tertiary alicyclic amines) is 1. The minimum absolute atomic E-state index is 0.373. The van der Waals surface area contributed by atoms with Crippen molar-refractivity contribution in [3.63, 3.8) is 0 Å². The first-order valence-corrected chi connectivity index (χ1v) is 10.1. The molecule has 3 heterocycles. The zero-order chi connectivity index (χ0) is 19.5. The maximum atomic E-state index is 6.03. The molecule has 0 radical (unpaired) electrons. The van der Waals surface area contributed by atoms with Crippen LogP contribution in [-0.4, -0.2) is 65.5 Å². The van der Waals surface area contributed by atoms with Crippen LogP contribution < -0.4 is 15.9 Å². The molecule has 150 valence electrons. The van der Waals surface area contributed by atoms with Crippen molar-refractivity contribution in [1.29, 1.82) is 0 Å². The Morgan fingerprint density at radius 2 is 1.85 bits per heavy atom. The largest absolute Gasteiger partial charge is 0.498 e. The van der Waals surface area contributed by atoms with Crippen molar-refractivity contribution in [2.24, 2.45) is 5.73 Å². The molecule has 0 amide bonds. The van der Waals surface area contributed by atoms with E-state index in [1.165, 1.54) is 19.3 Å². The molecule has 0 unspecified atom stereocenters. The van der Waals surface area contributed by atoms with E-state index in [1.54, 1.807) is 12.4 Å². The predicted molar refractivity (Wildman–Crippen MR) is 106 cm³/mol. The predicted octanol–water partition coefficient (Wildman–Crippen LogP) is 1.36. The molecular formula is C19H33BN4O3. The van der Waals surface area contributed by atoms with Gasteiger partial charge in [0, 0.05) is 37.0 Å². The molecule has 7 nitrogen and oxygen atoms in total. The Kier molecular flexibility index (Phi) is 6.41. The van der Waals surface area contributed by atoms with Crippen LogP contribution in [0, 0.1) is 0 Å². The summed E-state index contributed by atoms with van der Waals surface area (Å²) in [6.45, 7) is 11.6. The lowest BCUT2D eigenvalue weighted by Crippen LogP contribution is -2.43. The first-order valence-electron chi connectivity index (χ1n) is 10.1. The first kappa shape index (κ1) is 20.5. The van der Waals surface area contributed by atoms with E-state index in [-0.39, 0.29) is 11.2 Å². The van der Waals surface area contributed by atoms with Gasteiger partial charge in [-0.3, -0.25) is 4.90 Å². The number of ether oxygens (including phenoxy) is 1. The number of piperidine rings is 1. The minimum Gasteiger partial charge on any atom is -0.463 e. The molecule has 2 saturated heterocycles. The normalized spacial score (nSPS) is 24.9. The summed E-state index contributed by atoms with van der Waals surface area (Å²) in [5.41, 5.74) is 5.79. The summed E-state index contributed by atoms with van der Waals surface area (Å²) in [4.78, 5) is 11.1.